The number of rotatable bonds is 12. The van der Waals surface area contributed by atoms with Gasteiger partial charge in [0.15, 0.2) is 0 Å². The summed E-state index contributed by atoms with van der Waals surface area (Å²) in [6, 6.07) is 14.9. The summed E-state index contributed by atoms with van der Waals surface area (Å²) in [7, 11) is 3.25. The van der Waals surface area contributed by atoms with Crippen LogP contribution in [0.4, 0.5) is 0 Å². The first-order chi connectivity index (χ1) is 18.2. The van der Waals surface area contributed by atoms with Gasteiger partial charge in [-0.3, -0.25) is 9.69 Å². The summed E-state index contributed by atoms with van der Waals surface area (Å²) in [6.07, 6.45) is 0.0699. The van der Waals surface area contributed by atoms with Gasteiger partial charge in [-0.2, -0.15) is 0 Å². The highest BCUT2D eigenvalue weighted by molar-refractivity contribution is 6.39. The molecule has 7 nitrogen and oxygen atoms in total. The lowest BCUT2D eigenvalue weighted by Gasteiger charge is -2.21. The summed E-state index contributed by atoms with van der Waals surface area (Å²) >= 11 is 12.2. The standard InChI is InChI=1S/C29H32Cl2N2O5/c1-5-33(6-2)17-19-15-24(37-3)26(25(16-19)38-4)20-12-10-18(11-13-20)14-23(29(35)36)32-28(34)27-21(30)8-7-9-22(27)31/h7-13,15-16,23H,5-6,14,17H2,1-4H3,(H,32,34)(H,35,36)/t23-/m0/s1. The normalized spacial score (nSPS) is 11.8. The largest absolute Gasteiger partial charge is 0.496 e. The SMILES string of the molecule is CCN(CC)Cc1cc(OC)c(-c2ccc(C[C@H](NC(=O)c3c(Cl)cccc3Cl)C(=O)O)cc2)c(OC)c1. The Balaban J connectivity index is 1.84. The molecule has 0 aromatic heterocycles. The molecule has 3 aromatic rings. The van der Waals surface area contributed by atoms with Crippen molar-refractivity contribution in [2.24, 2.45) is 0 Å². The van der Waals surface area contributed by atoms with Crippen LogP contribution in [0.15, 0.2) is 54.6 Å². The van der Waals surface area contributed by atoms with Crippen LogP contribution in [0.2, 0.25) is 10.0 Å². The number of methoxy groups -OCH3 is 2. The van der Waals surface area contributed by atoms with Gasteiger partial charge in [0.25, 0.3) is 5.91 Å². The molecule has 0 spiro atoms. The molecule has 0 fully saturated rings. The van der Waals surface area contributed by atoms with E-state index >= 15 is 0 Å². The van der Waals surface area contributed by atoms with Gasteiger partial charge in [-0.25, -0.2) is 4.79 Å². The third-order valence-electron chi connectivity index (χ3n) is 6.34. The Morgan fingerprint density at radius 3 is 1.95 bits per heavy atom. The van der Waals surface area contributed by atoms with Gasteiger partial charge in [0, 0.05) is 13.0 Å². The Hall–Kier alpha value is -3.26. The Morgan fingerprint density at radius 2 is 1.47 bits per heavy atom. The quantitative estimate of drug-likeness (QED) is 0.286. The van der Waals surface area contributed by atoms with E-state index in [-0.39, 0.29) is 22.0 Å². The van der Waals surface area contributed by atoms with Crippen LogP contribution in [0.1, 0.15) is 35.3 Å². The highest BCUT2D eigenvalue weighted by Crippen LogP contribution is 2.40. The first-order valence-electron chi connectivity index (χ1n) is 12.3. The Labute approximate surface area is 233 Å². The van der Waals surface area contributed by atoms with Crippen LogP contribution < -0.4 is 14.8 Å². The first-order valence-corrected chi connectivity index (χ1v) is 13.0. The molecule has 0 aliphatic rings. The summed E-state index contributed by atoms with van der Waals surface area (Å²) in [5, 5.41) is 12.6. The summed E-state index contributed by atoms with van der Waals surface area (Å²) < 4.78 is 11.4. The molecule has 0 unspecified atom stereocenters. The molecule has 3 rings (SSSR count). The predicted molar refractivity (Wildman–Crippen MR) is 151 cm³/mol. The van der Waals surface area contributed by atoms with Gasteiger partial charge in [0.1, 0.15) is 17.5 Å². The summed E-state index contributed by atoms with van der Waals surface area (Å²) in [5.41, 5.74) is 3.52. The fourth-order valence-electron chi connectivity index (χ4n) is 4.24. The maximum absolute atomic E-state index is 12.7. The van der Waals surface area contributed by atoms with Crippen molar-refractivity contribution in [3.05, 3.63) is 81.3 Å². The van der Waals surface area contributed by atoms with Gasteiger partial charge < -0.3 is 19.9 Å². The third-order valence-corrected chi connectivity index (χ3v) is 6.97. The minimum absolute atomic E-state index is 0.0427. The zero-order valence-corrected chi connectivity index (χ0v) is 23.4. The fourth-order valence-corrected chi connectivity index (χ4v) is 4.80. The number of ether oxygens (including phenoxy) is 2. The van der Waals surface area contributed by atoms with E-state index in [2.05, 4.69) is 24.1 Å². The van der Waals surface area contributed by atoms with Crippen molar-refractivity contribution in [2.75, 3.05) is 27.3 Å². The van der Waals surface area contributed by atoms with Gasteiger partial charge in [0.2, 0.25) is 0 Å². The van der Waals surface area contributed by atoms with Crippen LogP contribution in [0.5, 0.6) is 11.5 Å². The molecule has 1 amide bonds. The van der Waals surface area contributed by atoms with Crippen molar-refractivity contribution in [3.8, 4) is 22.6 Å². The van der Waals surface area contributed by atoms with Crippen LogP contribution in [0, 0.1) is 0 Å². The topological polar surface area (TPSA) is 88.1 Å². The minimum atomic E-state index is -1.18. The van der Waals surface area contributed by atoms with Crippen molar-refractivity contribution >= 4 is 35.1 Å². The molecule has 38 heavy (non-hydrogen) atoms. The Morgan fingerprint density at radius 1 is 0.921 bits per heavy atom. The summed E-state index contributed by atoms with van der Waals surface area (Å²) in [4.78, 5) is 27.0. The number of nitrogens with one attached hydrogen (secondary N) is 1. The molecule has 202 valence electrons. The van der Waals surface area contributed by atoms with Crippen molar-refractivity contribution in [3.63, 3.8) is 0 Å². The lowest BCUT2D eigenvalue weighted by Crippen LogP contribution is -2.42. The number of aliphatic carboxylic acids is 1. The number of halogens is 2. The third kappa shape index (κ3) is 6.98. The summed E-state index contributed by atoms with van der Waals surface area (Å²) in [6.45, 7) is 6.90. The molecule has 0 saturated carbocycles. The molecule has 3 aromatic carbocycles. The smallest absolute Gasteiger partial charge is 0.326 e. The van der Waals surface area contributed by atoms with Gasteiger partial charge in [-0.15, -0.1) is 0 Å². The van der Waals surface area contributed by atoms with E-state index in [1.165, 1.54) is 12.1 Å². The average Bonchev–Trinajstić information content (AvgIpc) is 2.91. The van der Waals surface area contributed by atoms with E-state index in [1.807, 2.05) is 36.4 Å². The predicted octanol–water partition coefficient (Wildman–Crippen LogP) is 5.95. The van der Waals surface area contributed by atoms with Crippen molar-refractivity contribution in [1.82, 2.24) is 10.2 Å². The number of carbonyl (C=O) groups excluding carboxylic acids is 1. The highest BCUT2D eigenvalue weighted by atomic mass is 35.5. The Kier molecular flexibility index (Phi) is 10.4. The van der Waals surface area contributed by atoms with Crippen molar-refractivity contribution < 1.29 is 24.2 Å². The van der Waals surface area contributed by atoms with Gasteiger partial charge in [0.05, 0.1) is 35.4 Å². The monoisotopic (exact) mass is 558 g/mol. The molecule has 0 radical (unpaired) electrons. The number of hydrogen-bond donors (Lipinski definition) is 2. The van der Waals surface area contributed by atoms with E-state index in [0.717, 1.165) is 41.9 Å². The van der Waals surface area contributed by atoms with Gasteiger partial charge >= 0.3 is 5.97 Å². The van der Waals surface area contributed by atoms with Gasteiger partial charge in [-0.1, -0.05) is 67.4 Å². The molecule has 0 aliphatic heterocycles. The van der Waals surface area contributed by atoms with E-state index < -0.39 is 17.9 Å². The minimum Gasteiger partial charge on any atom is -0.496 e. The number of carbonyl (C=O) groups is 2. The second-order valence-electron chi connectivity index (χ2n) is 8.70. The van der Waals surface area contributed by atoms with Crippen molar-refractivity contribution in [2.45, 2.75) is 32.9 Å². The van der Waals surface area contributed by atoms with E-state index in [1.54, 1.807) is 20.3 Å². The molecule has 0 aliphatic carbocycles. The van der Waals surface area contributed by atoms with Crippen LogP contribution in [-0.4, -0.2) is 55.2 Å². The second kappa shape index (κ2) is 13.5. The number of carboxylic acid groups (broad SMARTS) is 1. The molecule has 2 N–H and O–H groups in total. The number of carboxylic acids is 1. The fraction of sp³-hybridized carbons (Fsp3) is 0.310. The molecule has 0 heterocycles. The maximum Gasteiger partial charge on any atom is 0.326 e. The number of hydrogen-bond acceptors (Lipinski definition) is 5. The van der Waals surface area contributed by atoms with E-state index in [9.17, 15) is 14.7 Å². The Bertz CT molecular complexity index is 1230. The second-order valence-corrected chi connectivity index (χ2v) is 9.51. The molecule has 9 heteroatoms. The highest BCUT2D eigenvalue weighted by Gasteiger charge is 2.24. The van der Waals surface area contributed by atoms with Crippen LogP contribution in [-0.2, 0) is 17.8 Å². The van der Waals surface area contributed by atoms with E-state index in [0.29, 0.717) is 11.5 Å². The average molecular weight is 559 g/mol. The maximum atomic E-state index is 12.7. The molecule has 0 saturated heterocycles. The van der Waals surface area contributed by atoms with E-state index in [4.69, 9.17) is 32.7 Å². The van der Waals surface area contributed by atoms with Gasteiger partial charge in [-0.05, 0) is 54.0 Å². The summed E-state index contributed by atoms with van der Waals surface area (Å²) in [5.74, 6) is -0.445. The molecule has 1 atom stereocenters. The lowest BCUT2D eigenvalue weighted by molar-refractivity contribution is -0.139. The van der Waals surface area contributed by atoms with Crippen molar-refractivity contribution in [1.29, 1.82) is 0 Å². The molecular formula is C29H32Cl2N2O5. The van der Waals surface area contributed by atoms with Crippen LogP contribution in [0.3, 0.4) is 0 Å². The molecular weight excluding hydrogens is 527 g/mol. The zero-order chi connectivity index (χ0) is 27.8. The zero-order valence-electron chi connectivity index (χ0n) is 21.9. The molecule has 0 bridgehead atoms. The number of benzene rings is 3. The lowest BCUT2D eigenvalue weighted by atomic mass is 9.97. The van der Waals surface area contributed by atoms with Crippen LogP contribution >= 0.6 is 23.2 Å². The first kappa shape index (κ1) is 29.3. The number of amides is 1. The van der Waals surface area contributed by atoms with Crippen LogP contribution in [0.25, 0.3) is 11.1 Å². The number of nitrogens with zero attached hydrogens (tertiary/aromatic N) is 1.